The van der Waals surface area contributed by atoms with Crippen LogP contribution in [0.25, 0.3) is 11.4 Å². The van der Waals surface area contributed by atoms with Crippen LogP contribution >= 0.6 is 0 Å². The molecule has 2 aromatic rings. The van der Waals surface area contributed by atoms with Gasteiger partial charge in [0.05, 0.1) is 12.2 Å². The Balaban J connectivity index is 1.98. The van der Waals surface area contributed by atoms with Crippen LogP contribution in [0.3, 0.4) is 0 Å². The molecule has 0 unspecified atom stereocenters. The second-order valence-electron chi connectivity index (χ2n) is 5.93. The second-order valence-corrected chi connectivity index (χ2v) is 5.93. The molecule has 5 nitrogen and oxygen atoms in total. The summed E-state index contributed by atoms with van der Waals surface area (Å²) in [5, 5.41) is 4.13. The number of ether oxygens (including phenoxy) is 1. The van der Waals surface area contributed by atoms with Crippen molar-refractivity contribution in [2.45, 2.75) is 26.7 Å². The van der Waals surface area contributed by atoms with Crippen molar-refractivity contribution in [1.29, 1.82) is 0 Å². The molecule has 1 aliphatic rings. The van der Waals surface area contributed by atoms with Crippen molar-refractivity contribution in [2.24, 2.45) is 11.8 Å². The summed E-state index contributed by atoms with van der Waals surface area (Å²) in [6, 6.07) is 6.33. The zero-order valence-corrected chi connectivity index (χ0v) is 12.6. The quantitative estimate of drug-likeness (QED) is 0.851. The summed E-state index contributed by atoms with van der Waals surface area (Å²) in [5.41, 5.74) is 0.253. The van der Waals surface area contributed by atoms with Crippen LogP contribution in [0.1, 0.15) is 31.5 Å². The van der Waals surface area contributed by atoms with Gasteiger partial charge < -0.3 is 4.74 Å². The highest BCUT2D eigenvalue weighted by atomic mass is 19.1. The van der Waals surface area contributed by atoms with Gasteiger partial charge in [-0.25, -0.2) is 4.39 Å². The number of aromatic nitrogens is 3. The van der Waals surface area contributed by atoms with Crippen molar-refractivity contribution in [3.05, 3.63) is 30.1 Å². The van der Waals surface area contributed by atoms with Crippen molar-refractivity contribution < 1.29 is 13.9 Å². The molecular formula is C16H18FN3O2. The number of hydrogen-bond acceptors (Lipinski definition) is 4. The minimum Gasteiger partial charge on any atom is -0.462 e. The number of halogens is 1. The molecule has 0 aliphatic heterocycles. The minimum atomic E-state index is -0.435. The predicted molar refractivity (Wildman–Crippen MR) is 79.1 cm³/mol. The predicted octanol–water partition coefficient (Wildman–Crippen LogP) is 3.17. The maximum absolute atomic E-state index is 14.0. The van der Waals surface area contributed by atoms with Gasteiger partial charge in [-0.2, -0.15) is 9.67 Å². The van der Waals surface area contributed by atoms with Crippen LogP contribution < -0.4 is 4.74 Å². The van der Waals surface area contributed by atoms with Gasteiger partial charge in [0.2, 0.25) is 0 Å². The van der Waals surface area contributed by atoms with Crippen LogP contribution in [0, 0.1) is 17.7 Å². The first-order chi connectivity index (χ1) is 10.6. The van der Waals surface area contributed by atoms with E-state index in [0.29, 0.717) is 12.5 Å². The van der Waals surface area contributed by atoms with Crippen molar-refractivity contribution in [1.82, 2.24) is 14.8 Å². The molecule has 1 aromatic heterocycles. The molecule has 0 radical (unpaired) electrons. The van der Waals surface area contributed by atoms with E-state index >= 15 is 0 Å². The van der Waals surface area contributed by atoms with Gasteiger partial charge in [0, 0.05) is 5.92 Å². The summed E-state index contributed by atoms with van der Waals surface area (Å²) in [4.78, 5) is 16.6. The number of carbonyl (C=O) groups is 1. The Kier molecular flexibility index (Phi) is 3.92. The lowest BCUT2D eigenvalue weighted by Gasteiger charge is -2.04. The van der Waals surface area contributed by atoms with Crippen molar-refractivity contribution in [2.75, 3.05) is 6.61 Å². The molecule has 0 bridgehead atoms. The van der Waals surface area contributed by atoms with Crippen LogP contribution in [0.15, 0.2) is 24.3 Å². The topological polar surface area (TPSA) is 57.0 Å². The molecule has 1 aliphatic carbocycles. The number of nitrogens with zero attached hydrogens (tertiary/aromatic N) is 3. The standard InChI is InChI=1S/C16H18FN3O2/c1-10(2)9-22-16-18-14(12-5-3-4-6-13(12)17)20(19-16)15(21)11-7-8-11/h3-6,10-11H,7-9H2,1-2H3. The smallest absolute Gasteiger partial charge is 0.336 e. The van der Waals surface area contributed by atoms with Crippen LogP contribution in [-0.2, 0) is 0 Å². The first kappa shape index (κ1) is 14.7. The van der Waals surface area contributed by atoms with Crippen LogP contribution in [-0.4, -0.2) is 27.3 Å². The number of hydrogen-bond donors (Lipinski definition) is 0. The summed E-state index contributed by atoms with van der Waals surface area (Å²) < 4.78 is 20.7. The minimum absolute atomic E-state index is 0.0369. The van der Waals surface area contributed by atoms with E-state index in [1.807, 2.05) is 13.8 Å². The average Bonchev–Trinajstić information content (AvgIpc) is 3.25. The highest BCUT2D eigenvalue weighted by Crippen LogP contribution is 2.33. The Morgan fingerprint density at radius 3 is 2.77 bits per heavy atom. The molecule has 3 rings (SSSR count). The summed E-state index contributed by atoms with van der Waals surface area (Å²) in [6.45, 7) is 4.45. The molecular weight excluding hydrogens is 285 g/mol. The SMILES string of the molecule is CC(C)COc1nc(-c2ccccc2F)n(C(=O)C2CC2)n1. The second kappa shape index (κ2) is 5.87. The molecule has 0 spiro atoms. The highest BCUT2D eigenvalue weighted by molar-refractivity contribution is 5.86. The molecule has 0 saturated heterocycles. The third-order valence-electron chi connectivity index (χ3n) is 3.38. The Morgan fingerprint density at radius 2 is 2.14 bits per heavy atom. The largest absolute Gasteiger partial charge is 0.462 e. The van der Waals surface area contributed by atoms with E-state index < -0.39 is 5.82 Å². The third kappa shape index (κ3) is 3.00. The van der Waals surface area contributed by atoms with Crippen LogP contribution in [0.2, 0.25) is 0 Å². The number of rotatable bonds is 5. The molecule has 1 fully saturated rings. The Hall–Kier alpha value is -2.24. The van der Waals surface area contributed by atoms with Crippen LogP contribution in [0.5, 0.6) is 6.01 Å². The van der Waals surface area contributed by atoms with Gasteiger partial charge in [-0.05, 0) is 30.9 Å². The monoisotopic (exact) mass is 303 g/mol. The molecule has 0 amide bonds. The summed E-state index contributed by atoms with van der Waals surface area (Å²) in [6.07, 6.45) is 1.69. The highest BCUT2D eigenvalue weighted by Gasteiger charge is 2.34. The molecule has 22 heavy (non-hydrogen) atoms. The van der Waals surface area contributed by atoms with E-state index in [2.05, 4.69) is 10.1 Å². The van der Waals surface area contributed by atoms with Gasteiger partial charge in [-0.15, -0.1) is 5.10 Å². The molecule has 6 heteroatoms. The van der Waals surface area contributed by atoms with Gasteiger partial charge in [-0.3, -0.25) is 4.79 Å². The van der Waals surface area contributed by atoms with E-state index in [9.17, 15) is 9.18 Å². The van der Waals surface area contributed by atoms with E-state index in [4.69, 9.17) is 4.74 Å². The van der Waals surface area contributed by atoms with Crippen molar-refractivity contribution in [3.8, 4) is 17.4 Å². The third-order valence-corrected chi connectivity index (χ3v) is 3.38. The fourth-order valence-electron chi connectivity index (χ4n) is 2.07. The molecule has 116 valence electrons. The molecule has 1 heterocycles. The Bertz CT molecular complexity index is 692. The fraction of sp³-hybridized carbons (Fsp3) is 0.438. The van der Waals surface area contributed by atoms with Crippen molar-refractivity contribution >= 4 is 5.91 Å². The van der Waals surface area contributed by atoms with Gasteiger partial charge in [0.25, 0.3) is 5.91 Å². The van der Waals surface area contributed by atoms with Gasteiger partial charge in [0.15, 0.2) is 5.82 Å². The zero-order valence-electron chi connectivity index (χ0n) is 12.6. The maximum Gasteiger partial charge on any atom is 0.336 e. The van der Waals surface area contributed by atoms with E-state index in [-0.39, 0.29) is 29.2 Å². The normalized spacial score (nSPS) is 14.4. The lowest BCUT2D eigenvalue weighted by Crippen LogP contribution is -2.16. The average molecular weight is 303 g/mol. The van der Waals surface area contributed by atoms with Gasteiger partial charge in [-0.1, -0.05) is 26.0 Å². The van der Waals surface area contributed by atoms with Crippen LogP contribution in [0.4, 0.5) is 4.39 Å². The molecule has 1 aromatic carbocycles. The lowest BCUT2D eigenvalue weighted by atomic mass is 10.2. The maximum atomic E-state index is 14.0. The lowest BCUT2D eigenvalue weighted by molar-refractivity contribution is 0.0869. The van der Waals surface area contributed by atoms with E-state index in [1.54, 1.807) is 18.2 Å². The molecule has 0 N–H and O–H groups in total. The molecule has 0 atom stereocenters. The Morgan fingerprint density at radius 1 is 1.41 bits per heavy atom. The number of carbonyl (C=O) groups excluding carboxylic acids is 1. The first-order valence-electron chi connectivity index (χ1n) is 7.45. The number of benzene rings is 1. The van der Waals surface area contributed by atoms with E-state index in [1.165, 1.54) is 10.7 Å². The summed E-state index contributed by atoms with van der Waals surface area (Å²) >= 11 is 0. The molecule has 1 saturated carbocycles. The van der Waals surface area contributed by atoms with Gasteiger partial charge >= 0.3 is 6.01 Å². The van der Waals surface area contributed by atoms with Crippen molar-refractivity contribution in [3.63, 3.8) is 0 Å². The first-order valence-corrected chi connectivity index (χ1v) is 7.45. The summed E-state index contributed by atoms with van der Waals surface area (Å²) in [7, 11) is 0. The van der Waals surface area contributed by atoms with E-state index in [0.717, 1.165) is 12.8 Å². The Labute approximate surface area is 128 Å². The van der Waals surface area contributed by atoms with Gasteiger partial charge in [0.1, 0.15) is 5.82 Å². The summed E-state index contributed by atoms with van der Waals surface area (Å²) in [5.74, 6) is -0.109. The zero-order chi connectivity index (χ0) is 15.7. The fourth-order valence-corrected chi connectivity index (χ4v) is 2.07.